The first kappa shape index (κ1) is 16.0. The monoisotopic (exact) mass is 338 g/mol. The first-order valence-electron chi connectivity index (χ1n) is 8.66. The van der Waals surface area contributed by atoms with E-state index >= 15 is 0 Å². The van der Waals surface area contributed by atoms with Crippen LogP contribution >= 0.6 is 11.3 Å². The number of aliphatic hydroxyl groups is 1. The Morgan fingerprint density at radius 3 is 3.00 bits per heavy atom. The Kier molecular flexibility index (Phi) is 4.47. The molecule has 0 unspecified atom stereocenters. The first-order chi connectivity index (χ1) is 11.2. The first-order valence-corrected chi connectivity index (χ1v) is 9.54. The third kappa shape index (κ3) is 2.97. The summed E-state index contributed by atoms with van der Waals surface area (Å²) in [6.45, 7) is 4.23. The van der Waals surface area contributed by atoms with E-state index in [9.17, 15) is 5.11 Å². The van der Waals surface area contributed by atoms with Gasteiger partial charge in [-0.2, -0.15) is 0 Å². The molecular weight excluding hydrogens is 312 g/mol. The summed E-state index contributed by atoms with van der Waals surface area (Å²) in [4.78, 5) is 3.89. The average Bonchev–Trinajstić information content (AvgIpc) is 3.04. The molecule has 0 aromatic carbocycles. The summed E-state index contributed by atoms with van der Waals surface area (Å²) in [5, 5.41) is 12.4. The van der Waals surface area contributed by atoms with Gasteiger partial charge in [0.05, 0.1) is 24.4 Å². The largest absolute Gasteiger partial charge is 0.389 e. The molecule has 23 heavy (non-hydrogen) atoms. The Hall–Kier alpha value is -0.500. The van der Waals surface area contributed by atoms with Gasteiger partial charge >= 0.3 is 0 Å². The molecule has 2 fully saturated rings. The van der Waals surface area contributed by atoms with Gasteiger partial charge in [0.2, 0.25) is 0 Å². The minimum absolute atomic E-state index is 0.0769. The van der Waals surface area contributed by atoms with Crippen LogP contribution in [0.1, 0.15) is 29.7 Å². The molecule has 128 valence electrons. The molecule has 1 aromatic rings. The molecule has 0 aliphatic carbocycles. The molecule has 5 nitrogen and oxygen atoms in total. The van der Waals surface area contributed by atoms with Gasteiger partial charge in [-0.25, -0.2) is 0 Å². The van der Waals surface area contributed by atoms with Crippen molar-refractivity contribution in [1.82, 2.24) is 4.90 Å². The third-order valence-electron chi connectivity index (χ3n) is 5.65. The fourth-order valence-electron chi connectivity index (χ4n) is 4.18. The van der Waals surface area contributed by atoms with Crippen molar-refractivity contribution in [2.45, 2.75) is 49.5 Å². The Bertz CT molecular complexity index is 542. The van der Waals surface area contributed by atoms with E-state index in [0.29, 0.717) is 6.61 Å². The van der Waals surface area contributed by atoms with Crippen molar-refractivity contribution >= 4 is 11.3 Å². The van der Waals surface area contributed by atoms with Crippen LogP contribution in [-0.2, 0) is 21.5 Å². The normalized spacial score (nSPS) is 34.4. The molecule has 3 aliphatic rings. The highest BCUT2D eigenvalue weighted by Gasteiger charge is 2.42. The molecular formula is C17H26N2O3S. The van der Waals surface area contributed by atoms with Crippen molar-refractivity contribution < 1.29 is 14.6 Å². The summed E-state index contributed by atoms with van der Waals surface area (Å²) in [6, 6.07) is 2.10. The molecule has 3 atom stereocenters. The Labute approximate surface area is 141 Å². The van der Waals surface area contributed by atoms with Gasteiger partial charge in [-0.05, 0) is 36.3 Å². The smallest absolute Gasteiger partial charge is 0.0975 e. The van der Waals surface area contributed by atoms with Gasteiger partial charge in [-0.3, -0.25) is 0 Å². The lowest BCUT2D eigenvalue weighted by Crippen LogP contribution is -2.55. The van der Waals surface area contributed by atoms with E-state index in [1.807, 2.05) is 11.3 Å². The number of likely N-dealkylation sites (tertiary alicyclic amines) is 1. The lowest BCUT2D eigenvalue weighted by molar-refractivity contribution is -0.121. The Morgan fingerprint density at radius 1 is 1.35 bits per heavy atom. The summed E-state index contributed by atoms with van der Waals surface area (Å²) in [7, 11) is 0. The van der Waals surface area contributed by atoms with E-state index in [1.54, 1.807) is 0 Å². The zero-order chi connectivity index (χ0) is 15.9. The standard InChI is InChI=1S/C17H26N2O3S/c18-13-1-8-21-14(16(13)20)11-19-6-4-17(5-7-19)12-3-10-23-15(12)2-9-22-17/h3,10,13-14,16,20H,1-2,4-9,11,18H2/t13-,14+,16-/m0/s1. The number of hydrogen-bond acceptors (Lipinski definition) is 6. The van der Waals surface area contributed by atoms with E-state index in [-0.39, 0.29) is 17.7 Å². The molecule has 0 bridgehead atoms. The van der Waals surface area contributed by atoms with Crippen LogP contribution in [0.25, 0.3) is 0 Å². The van der Waals surface area contributed by atoms with Gasteiger partial charge in [0, 0.05) is 43.6 Å². The number of fused-ring (bicyclic) bond motifs is 2. The number of rotatable bonds is 2. The van der Waals surface area contributed by atoms with Crippen molar-refractivity contribution in [2.75, 3.05) is 32.8 Å². The molecule has 4 rings (SSSR count). The van der Waals surface area contributed by atoms with Crippen LogP contribution < -0.4 is 5.73 Å². The molecule has 1 spiro atoms. The van der Waals surface area contributed by atoms with E-state index in [2.05, 4.69) is 16.3 Å². The van der Waals surface area contributed by atoms with Crippen LogP contribution in [0, 0.1) is 0 Å². The lowest BCUT2D eigenvalue weighted by Gasteiger charge is -2.45. The van der Waals surface area contributed by atoms with Gasteiger partial charge in [-0.1, -0.05) is 0 Å². The van der Waals surface area contributed by atoms with E-state index in [4.69, 9.17) is 15.2 Å². The number of hydrogen-bond donors (Lipinski definition) is 2. The lowest BCUT2D eigenvalue weighted by atomic mass is 9.82. The molecule has 0 amide bonds. The highest BCUT2D eigenvalue weighted by molar-refractivity contribution is 7.10. The van der Waals surface area contributed by atoms with Crippen molar-refractivity contribution in [2.24, 2.45) is 5.73 Å². The second kappa shape index (κ2) is 6.43. The average molecular weight is 338 g/mol. The van der Waals surface area contributed by atoms with Gasteiger partial charge in [-0.15, -0.1) is 11.3 Å². The maximum Gasteiger partial charge on any atom is 0.0975 e. The zero-order valence-corrected chi connectivity index (χ0v) is 14.3. The summed E-state index contributed by atoms with van der Waals surface area (Å²) in [5.41, 5.74) is 7.30. The number of piperidine rings is 1. The van der Waals surface area contributed by atoms with Gasteiger partial charge < -0.3 is 25.2 Å². The number of thiophene rings is 1. The van der Waals surface area contributed by atoms with E-state index in [0.717, 1.165) is 51.9 Å². The van der Waals surface area contributed by atoms with Crippen LogP contribution in [0.15, 0.2) is 11.4 Å². The molecule has 6 heteroatoms. The van der Waals surface area contributed by atoms with Crippen LogP contribution in [0.5, 0.6) is 0 Å². The molecule has 2 saturated heterocycles. The van der Waals surface area contributed by atoms with Gasteiger partial charge in [0.1, 0.15) is 0 Å². The van der Waals surface area contributed by atoms with Gasteiger partial charge in [0.15, 0.2) is 0 Å². The Morgan fingerprint density at radius 2 is 2.17 bits per heavy atom. The summed E-state index contributed by atoms with van der Waals surface area (Å²) >= 11 is 1.86. The topological polar surface area (TPSA) is 68.0 Å². The Balaban J connectivity index is 1.39. The van der Waals surface area contributed by atoms with Crippen LogP contribution in [0.2, 0.25) is 0 Å². The van der Waals surface area contributed by atoms with E-state index < -0.39 is 6.10 Å². The van der Waals surface area contributed by atoms with Crippen molar-refractivity contribution in [3.05, 3.63) is 21.9 Å². The number of aliphatic hydroxyl groups excluding tert-OH is 1. The second-order valence-corrected chi connectivity index (χ2v) is 8.00. The van der Waals surface area contributed by atoms with E-state index in [1.165, 1.54) is 10.4 Å². The number of ether oxygens (including phenoxy) is 2. The van der Waals surface area contributed by atoms with Crippen molar-refractivity contribution in [3.63, 3.8) is 0 Å². The highest BCUT2D eigenvalue weighted by atomic mass is 32.1. The van der Waals surface area contributed by atoms with Gasteiger partial charge in [0.25, 0.3) is 0 Å². The van der Waals surface area contributed by atoms with Crippen LogP contribution in [0.3, 0.4) is 0 Å². The summed E-state index contributed by atoms with van der Waals surface area (Å²) < 4.78 is 12.0. The minimum atomic E-state index is -0.547. The molecule has 1 aromatic heterocycles. The quantitative estimate of drug-likeness (QED) is 0.845. The highest BCUT2D eigenvalue weighted by Crippen LogP contribution is 2.43. The second-order valence-electron chi connectivity index (χ2n) is 7.00. The molecule has 0 saturated carbocycles. The minimum Gasteiger partial charge on any atom is -0.389 e. The fraction of sp³-hybridized carbons (Fsp3) is 0.765. The summed E-state index contributed by atoms with van der Waals surface area (Å²) in [5.74, 6) is 0. The van der Waals surface area contributed by atoms with Crippen molar-refractivity contribution in [3.8, 4) is 0 Å². The maximum absolute atomic E-state index is 10.2. The number of nitrogens with two attached hydrogens (primary N) is 1. The maximum atomic E-state index is 10.2. The predicted molar refractivity (Wildman–Crippen MR) is 89.7 cm³/mol. The molecule has 3 N–H and O–H groups in total. The van der Waals surface area contributed by atoms with Crippen LogP contribution in [0.4, 0.5) is 0 Å². The third-order valence-corrected chi connectivity index (χ3v) is 6.63. The molecule has 3 aliphatic heterocycles. The molecule has 0 radical (unpaired) electrons. The molecule has 4 heterocycles. The zero-order valence-electron chi connectivity index (χ0n) is 13.4. The van der Waals surface area contributed by atoms with Crippen LogP contribution in [-0.4, -0.2) is 61.1 Å². The fourth-order valence-corrected chi connectivity index (χ4v) is 5.13. The van der Waals surface area contributed by atoms with Crippen molar-refractivity contribution in [1.29, 1.82) is 0 Å². The summed E-state index contributed by atoms with van der Waals surface area (Å²) in [6.07, 6.45) is 3.14. The number of nitrogens with zero attached hydrogens (tertiary/aromatic N) is 1. The SMILES string of the molecule is N[C@H]1CCO[C@H](CN2CCC3(CC2)OCCc2sccc23)[C@H]1O. The predicted octanol–water partition coefficient (Wildman–Crippen LogP) is 1.09.